The zero-order valence-corrected chi connectivity index (χ0v) is 8.00. The van der Waals surface area contributed by atoms with Crippen molar-refractivity contribution in [2.75, 3.05) is 12.0 Å². The molecule has 0 aliphatic heterocycles. The highest BCUT2D eigenvalue weighted by atomic mass is 32.2. The third kappa shape index (κ3) is 1.39. The Balaban J connectivity index is 2.82. The number of H-pyrrole nitrogens is 1. The summed E-state index contributed by atoms with van der Waals surface area (Å²) in [5, 5.41) is 7.89. The molecule has 0 aliphatic carbocycles. The van der Waals surface area contributed by atoms with Gasteiger partial charge in [0, 0.05) is 0 Å². The number of hydrogen-bond donors (Lipinski definition) is 2. The Morgan fingerprint density at radius 3 is 2.86 bits per heavy atom. The normalized spacial score (nSPS) is 10.6. The third-order valence-electron chi connectivity index (χ3n) is 1.52. The molecular formula is C6H6N6OS. The van der Waals surface area contributed by atoms with Gasteiger partial charge in [0.2, 0.25) is 16.8 Å². The lowest BCUT2D eigenvalue weighted by molar-refractivity contribution is 0.865. The quantitative estimate of drug-likeness (QED) is 0.605. The van der Waals surface area contributed by atoms with Gasteiger partial charge in [-0.2, -0.15) is 4.98 Å². The van der Waals surface area contributed by atoms with Gasteiger partial charge in [-0.3, -0.25) is 9.78 Å². The maximum absolute atomic E-state index is 11.4. The molecule has 0 radical (unpaired) electrons. The minimum Gasteiger partial charge on any atom is -0.369 e. The van der Waals surface area contributed by atoms with Crippen LogP contribution in [0.25, 0.3) is 11.2 Å². The smallest absolute Gasteiger partial charge is 0.280 e. The van der Waals surface area contributed by atoms with Crippen LogP contribution < -0.4 is 11.3 Å². The summed E-state index contributed by atoms with van der Waals surface area (Å²) in [6.45, 7) is 0. The molecule has 0 saturated heterocycles. The second-order valence-electron chi connectivity index (χ2n) is 2.42. The van der Waals surface area contributed by atoms with E-state index in [0.29, 0.717) is 5.16 Å². The highest BCUT2D eigenvalue weighted by Crippen LogP contribution is 2.08. The van der Waals surface area contributed by atoms with Gasteiger partial charge >= 0.3 is 0 Å². The van der Waals surface area contributed by atoms with Crippen molar-refractivity contribution >= 4 is 28.9 Å². The molecule has 0 aromatic carbocycles. The van der Waals surface area contributed by atoms with Crippen molar-refractivity contribution in [2.24, 2.45) is 0 Å². The lowest BCUT2D eigenvalue weighted by atomic mass is 10.5. The summed E-state index contributed by atoms with van der Waals surface area (Å²) in [6, 6.07) is 0. The summed E-state index contributed by atoms with van der Waals surface area (Å²) in [7, 11) is 0. The van der Waals surface area contributed by atoms with E-state index in [0.717, 1.165) is 0 Å². The van der Waals surface area contributed by atoms with Crippen LogP contribution in [-0.4, -0.2) is 31.4 Å². The van der Waals surface area contributed by atoms with Gasteiger partial charge in [0.1, 0.15) is 0 Å². The molecule has 0 bridgehead atoms. The monoisotopic (exact) mass is 210 g/mol. The molecule has 72 valence electrons. The van der Waals surface area contributed by atoms with Crippen LogP contribution in [0, 0.1) is 0 Å². The molecule has 3 N–H and O–H groups in total. The maximum Gasteiger partial charge on any atom is 0.280 e. The summed E-state index contributed by atoms with van der Waals surface area (Å²) in [6.07, 6.45) is 1.79. The lowest BCUT2D eigenvalue weighted by Gasteiger charge is -1.97. The highest BCUT2D eigenvalue weighted by molar-refractivity contribution is 7.98. The van der Waals surface area contributed by atoms with Crippen LogP contribution in [0.3, 0.4) is 0 Å². The molecule has 7 nitrogen and oxygen atoms in total. The molecule has 2 rings (SSSR count). The molecule has 0 unspecified atom stereocenters. The van der Waals surface area contributed by atoms with Crippen LogP contribution in [0.5, 0.6) is 0 Å². The molecule has 0 amide bonds. The van der Waals surface area contributed by atoms with Crippen molar-refractivity contribution in [3.8, 4) is 0 Å². The molecule has 14 heavy (non-hydrogen) atoms. The number of aromatic amines is 1. The average molecular weight is 210 g/mol. The minimum atomic E-state index is -0.405. The van der Waals surface area contributed by atoms with Gasteiger partial charge in [-0.25, -0.2) is 4.98 Å². The van der Waals surface area contributed by atoms with E-state index in [4.69, 9.17) is 5.73 Å². The van der Waals surface area contributed by atoms with Gasteiger partial charge in [-0.15, -0.1) is 10.2 Å². The van der Waals surface area contributed by atoms with Crippen molar-refractivity contribution in [3.05, 3.63) is 10.4 Å². The topological polar surface area (TPSA) is 110 Å². The van der Waals surface area contributed by atoms with Gasteiger partial charge < -0.3 is 5.73 Å². The van der Waals surface area contributed by atoms with Crippen molar-refractivity contribution in [1.82, 2.24) is 25.1 Å². The van der Waals surface area contributed by atoms with E-state index in [1.54, 1.807) is 6.26 Å². The first kappa shape index (κ1) is 8.88. The lowest BCUT2D eigenvalue weighted by Crippen LogP contribution is -2.14. The predicted molar refractivity (Wildman–Crippen MR) is 51.9 cm³/mol. The molecule has 0 spiro atoms. The number of rotatable bonds is 1. The Hall–Kier alpha value is -1.70. The van der Waals surface area contributed by atoms with Gasteiger partial charge in [-0.1, -0.05) is 11.8 Å². The summed E-state index contributed by atoms with van der Waals surface area (Å²) >= 11 is 1.30. The summed E-state index contributed by atoms with van der Waals surface area (Å²) in [5.74, 6) is 0.00972. The largest absolute Gasteiger partial charge is 0.369 e. The SMILES string of the molecule is CSc1nnc2nc(N)[nH]c(=O)c2n1. The average Bonchev–Trinajstić information content (AvgIpc) is 2.17. The number of anilines is 1. The maximum atomic E-state index is 11.4. The van der Waals surface area contributed by atoms with E-state index in [9.17, 15) is 4.79 Å². The van der Waals surface area contributed by atoms with Gasteiger partial charge in [0.15, 0.2) is 5.52 Å². The summed E-state index contributed by atoms with van der Waals surface area (Å²) in [4.78, 5) is 21.4. The molecule has 0 atom stereocenters. The van der Waals surface area contributed by atoms with Crippen molar-refractivity contribution in [1.29, 1.82) is 0 Å². The fraction of sp³-hybridized carbons (Fsp3) is 0.167. The van der Waals surface area contributed by atoms with Crippen LogP contribution in [0.1, 0.15) is 0 Å². The second-order valence-corrected chi connectivity index (χ2v) is 3.20. The van der Waals surface area contributed by atoms with Crippen molar-refractivity contribution < 1.29 is 0 Å². The van der Waals surface area contributed by atoms with E-state index in [2.05, 4.69) is 25.1 Å². The van der Waals surface area contributed by atoms with Crippen molar-refractivity contribution in [2.45, 2.75) is 5.16 Å². The van der Waals surface area contributed by atoms with E-state index in [1.165, 1.54) is 11.8 Å². The minimum absolute atomic E-state index is 0.00972. The molecule has 0 fully saturated rings. The number of thioether (sulfide) groups is 1. The molecule has 0 saturated carbocycles. The number of nitrogens with zero attached hydrogens (tertiary/aromatic N) is 4. The van der Waals surface area contributed by atoms with Crippen LogP contribution in [0.15, 0.2) is 9.95 Å². The first-order valence-electron chi connectivity index (χ1n) is 3.65. The molecule has 2 aromatic rings. The van der Waals surface area contributed by atoms with E-state index < -0.39 is 5.56 Å². The fourth-order valence-electron chi connectivity index (χ4n) is 0.937. The molecule has 8 heteroatoms. The third-order valence-corrected chi connectivity index (χ3v) is 2.05. The summed E-state index contributed by atoms with van der Waals surface area (Å²) in [5.41, 5.74) is 5.23. The number of nitrogens with two attached hydrogens (primary N) is 1. The molecule has 2 aromatic heterocycles. The Labute approximate surface area is 82.2 Å². The number of nitrogen functional groups attached to an aromatic ring is 1. The van der Waals surface area contributed by atoms with Crippen LogP contribution in [0.2, 0.25) is 0 Å². The van der Waals surface area contributed by atoms with E-state index in [1.807, 2.05) is 0 Å². The Kier molecular flexibility index (Phi) is 2.04. The number of fused-ring (bicyclic) bond motifs is 1. The standard InChI is InChI=1S/C6H6N6OS/c1-14-6-8-2-3(11-12-6)9-5(7)10-4(2)13/h1H3,(H3,7,9,10,11,13). The molecular weight excluding hydrogens is 204 g/mol. The first-order chi connectivity index (χ1) is 6.70. The first-order valence-corrected chi connectivity index (χ1v) is 4.87. The predicted octanol–water partition coefficient (Wildman–Crippen LogP) is -0.588. The summed E-state index contributed by atoms with van der Waals surface area (Å²) < 4.78 is 0. The van der Waals surface area contributed by atoms with E-state index in [-0.39, 0.29) is 17.1 Å². The van der Waals surface area contributed by atoms with Gasteiger partial charge in [0.05, 0.1) is 0 Å². The number of nitrogens with one attached hydrogen (secondary N) is 1. The molecule has 0 aliphatic rings. The highest BCUT2D eigenvalue weighted by Gasteiger charge is 2.06. The second kappa shape index (κ2) is 3.22. The molecule has 2 heterocycles. The van der Waals surface area contributed by atoms with Gasteiger partial charge in [-0.05, 0) is 6.26 Å². The van der Waals surface area contributed by atoms with E-state index >= 15 is 0 Å². The Morgan fingerprint density at radius 1 is 1.36 bits per heavy atom. The fourth-order valence-corrected chi connectivity index (χ4v) is 1.24. The zero-order valence-electron chi connectivity index (χ0n) is 7.18. The van der Waals surface area contributed by atoms with Crippen LogP contribution in [0.4, 0.5) is 5.95 Å². The zero-order chi connectivity index (χ0) is 10.1. The van der Waals surface area contributed by atoms with Crippen molar-refractivity contribution in [3.63, 3.8) is 0 Å². The number of hydrogen-bond acceptors (Lipinski definition) is 7. The van der Waals surface area contributed by atoms with Gasteiger partial charge in [0.25, 0.3) is 5.56 Å². The van der Waals surface area contributed by atoms with Crippen LogP contribution in [-0.2, 0) is 0 Å². The Morgan fingerprint density at radius 2 is 2.14 bits per heavy atom. The Bertz CT molecular complexity index is 537. The number of aromatic nitrogens is 5. The van der Waals surface area contributed by atoms with Crippen LogP contribution >= 0.6 is 11.8 Å².